The van der Waals surface area contributed by atoms with Gasteiger partial charge in [-0.3, -0.25) is 4.79 Å². The standard InChI is InChI=1S/C22H23ClFN3O4/c1-22(2,3)31-21(29)27(4)11-12-8-17(26)18(15(10-25)20(12)30-5)19(28)14-9-13(24)6-7-16(14)23/h6-9H,11,26H2,1-5H3. The molecule has 9 heteroatoms. The maximum absolute atomic E-state index is 13.7. The third-order valence-electron chi connectivity index (χ3n) is 4.22. The molecule has 2 aromatic carbocycles. The van der Waals surface area contributed by atoms with E-state index in [1.807, 2.05) is 6.07 Å². The zero-order chi connectivity index (χ0) is 23.5. The van der Waals surface area contributed by atoms with Gasteiger partial charge in [0.1, 0.15) is 28.8 Å². The third-order valence-corrected chi connectivity index (χ3v) is 4.55. The van der Waals surface area contributed by atoms with Crippen LogP contribution in [0.15, 0.2) is 24.3 Å². The number of methoxy groups -OCH3 is 1. The summed E-state index contributed by atoms with van der Waals surface area (Å²) in [5.41, 5.74) is 5.35. The molecule has 0 saturated carbocycles. The van der Waals surface area contributed by atoms with Gasteiger partial charge in [0.25, 0.3) is 0 Å². The topological polar surface area (TPSA) is 106 Å². The van der Waals surface area contributed by atoms with Gasteiger partial charge in [-0.25, -0.2) is 9.18 Å². The molecule has 2 rings (SSSR count). The average Bonchev–Trinajstić information content (AvgIpc) is 2.67. The largest absolute Gasteiger partial charge is 0.495 e. The molecule has 7 nitrogen and oxygen atoms in total. The Morgan fingerprint density at radius 3 is 2.48 bits per heavy atom. The van der Waals surface area contributed by atoms with Crippen molar-refractivity contribution in [2.45, 2.75) is 32.9 Å². The number of nitrogens with zero attached hydrogens (tertiary/aromatic N) is 2. The fourth-order valence-electron chi connectivity index (χ4n) is 2.91. The van der Waals surface area contributed by atoms with E-state index in [9.17, 15) is 19.2 Å². The first-order valence-corrected chi connectivity index (χ1v) is 9.60. The normalized spacial score (nSPS) is 10.9. The first-order chi connectivity index (χ1) is 14.4. The van der Waals surface area contributed by atoms with Gasteiger partial charge in [-0.05, 0) is 45.0 Å². The highest BCUT2D eigenvalue weighted by Gasteiger charge is 2.27. The number of halogens is 2. The number of anilines is 1. The van der Waals surface area contributed by atoms with Crippen molar-refractivity contribution in [2.24, 2.45) is 0 Å². The first kappa shape index (κ1) is 24.0. The maximum atomic E-state index is 13.7. The molecule has 0 aliphatic heterocycles. The van der Waals surface area contributed by atoms with Gasteiger partial charge in [-0.1, -0.05) is 11.6 Å². The van der Waals surface area contributed by atoms with Crippen LogP contribution in [0, 0.1) is 17.1 Å². The smallest absolute Gasteiger partial charge is 0.410 e. The summed E-state index contributed by atoms with van der Waals surface area (Å²) in [5.74, 6) is -1.31. The third kappa shape index (κ3) is 5.44. The molecule has 0 radical (unpaired) electrons. The summed E-state index contributed by atoms with van der Waals surface area (Å²) in [5, 5.41) is 9.76. The summed E-state index contributed by atoms with van der Waals surface area (Å²) in [6.07, 6.45) is -0.585. The number of nitrogens with two attached hydrogens (primary N) is 1. The summed E-state index contributed by atoms with van der Waals surface area (Å²) in [6.45, 7) is 5.22. The van der Waals surface area contributed by atoms with Crippen molar-refractivity contribution in [2.75, 3.05) is 19.9 Å². The molecule has 0 heterocycles. The highest BCUT2D eigenvalue weighted by molar-refractivity contribution is 6.35. The molecule has 0 atom stereocenters. The van der Waals surface area contributed by atoms with Gasteiger partial charge >= 0.3 is 6.09 Å². The summed E-state index contributed by atoms with van der Waals surface area (Å²) >= 11 is 6.05. The second-order valence-corrected chi connectivity index (χ2v) is 8.22. The SMILES string of the molecule is COc1c(CN(C)C(=O)OC(C)(C)C)cc(N)c(C(=O)c2cc(F)ccc2Cl)c1C#N. The number of carbonyl (C=O) groups is 2. The van der Waals surface area contributed by atoms with Crippen LogP contribution in [-0.2, 0) is 11.3 Å². The Labute approximate surface area is 185 Å². The molecule has 0 aliphatic carbocycles. The van der Waals surface area contributed by atoms with Crippen LogP contribution >= 0.6 is 11.6 Å². The molecule has 0 saturated heterocycles. The van der Waals surface area contributed by atoms with Crippen molar-refractivity contribution in [1.82, 2.24) is 4.90 Å². The Morgan fingerprint density at radius 2 is 1.94 bits per heavy atom. The van der Waals surface area contributed by atoms with Crippen LogP contribution in [-0.4, -0.2) is 36.5 Å². The fraction of sp³-hybridized carbons (Fsp3) is 0.318. The Kier molecular flexibility index (Phi) is 7.13. The Hall–Kier alpha value is -3.31. The number of rotatable bonds is 5. The Balaban J connectivity index is 2.54. The number of hydrogen-bond donors (Lipinski definition) is 1. The van der Waals surface area contributed by atoms with Gasteiger partial charge in [0.2, 0.25) is 0 Å². The monoisotopic (exact) mass is 447 g/mol. The zero-order valence-electron chi connectivity index (χ0n) is 17.9. The molecule has 164 valence electrons. The van der Waals surface area contributed by atoms with Crippen LogP contribution < -0.4 is 10.5 Å². The summed E-state index contributed by atoms with van der Waals surface area (Å²) < 4.78 is 24.4. The van der Waals surface area contributed by atoms with Crippen LogP contribution in [0.2, 0.25) is 5.02 Å². The number of ketones is 1. The highest BCUT2D eigenvalue weighted by Crippen LogP contribution is 2.35. The lowest BCUT2D eigenvalue weighted by Gasteiger charge is -2.25. The molecular formula is C22H23ClFN3O4. The van der Waals surface area contributed by atoms with Crippen LogP contribution in [0.3, 0.4) is 0 Å². The van der Waals surface area contributed by atoms with Gasteiger partial charge in [0, 0.05) is 23.9 Å². The predicted molar refractivity (Wildman–Crippen MR) is 115 cm³/mol. The molecule has 31 heavy (non-hydrogen) atoms. The van der Waals surface area contributed by atoms with E-state index in [1.54, 1.807) is 20.8 Å². The Bertz CT molecular complexity index is 1070. The van der Waals surface area contributed by atoms with Gasteiger partial charge in [-0.2, -0.15) is 5.26 Å². The number of ether oxygens (including phenoxy) is 2. The summed E-state index contributed by atoms with van der Waals surface area (Å²) in [6, 6.07) is 6.69. The highest BCUT2D eigenvalue weighted by atomic mass is 35.5. The van der Waals surface area contributed by atoms with E-state index in [1.165, 1.54) is 31.2 Å². The first-order valence-electron chi connectivity index (χ1n) is 9.23. The van der Waals surface area contributed by atoms with Crippen LogP contribution in [0.1, 0.15) is 47.8 Å². The number of nitrogen functional groups attached to an aromatic ring is 1. The number of amides is 1. The lowest BCUT2D eigenvalue weighted by Crippen LogP contribution is -2.34. The quantitative estimate of drug-likeness (QED) is 0.532. The predicted octanol–water partition coefficient (Wildman–Crippen LogP) is 4.54. The number of benzene rings is 2. The number of hydrogen-bond acceptors (Lipinski definition) is 6. The van der Waals surface area contributed by atoms with Gasteiger partial charge in [-0.15, -0.1) is 0 Å². The van der Waals surface area contributed by atoms with Crippen molar-refractivity contribution in [1.29, 1.82) is 5.26 Å². The summed E-state index contributed by atoms with van der Waals surface area (Å²) in [4.78, 5) is 26.6. The maximum Gasteiger partial charge on any atom is 0.410 e. The van der Waals surface area contributed by atoms with Crippen LogP contribution in [0.4, 0.5) is 14.9 Å². The van der Waals surface area contributed by atoms with E-state index in [-0.39, 0.29) is 39.7 Å². The lowest BCUT2D eigenvalue weighted by atomic mass is 9.93. The van der Waals surface area contributed by atoms with Crippen molar-refractivity contribution >= 4 is 29.2 Å². The van der Waals surface area contributed by atoms with Gasteiger partial charge in [0.05, 0.1) is 24.2 Å². The molecule has 0 fully saturated rings. The molecule has 2 N–H and O–H groups in total. The molecule has 0 unspecified atom stereocenters. The molecule has 0 aromatic heterocycles. The molecule has 2 aromatic rings. The minimum atomic E-state index is -0.719. The molecule has 0 spiro atoms. The van der Waals surface area contributed by atoms with Crippen molar-refractivity contribution < 1.29 is 23.5 Å². The van der Waals surface area contributed by atoms with E-state index in [4.69, 9.17) is 26.8 Å². The molecular weight excluding hydrogens is 425 g/mol. The molecule has 0 bridgehead atoms. The van der Waals surface area contributed by atoms with Crippen molar-refractivity contribution in [3.8, 4) is 11.8 Å². The zero-order valence-corrected chi connectivity index (χ0v) is 18.6. The van der Waals surface area contributed by atoms with Crippen molar-refractivity contribution in [3.05, 3.63) is 57.4 Å². The van der Waals surface area contributed by atoms with E-state index in [0.29, 0.717) is 5.56 Å². The second kappa shape index (κ2) is 9.23. The van der Waals surface area contributed by atoms with E-state index in [0.717, 1.165) is 12.1 Å². The van der Waals surface area contributed by atoms with E-state index in [2.05, 4.69) is 0 Å². The van der Waals surface area contributed by atoms with Gasteiger partial charge < -0.3 is 20.1 Å². The van der Waals surface area contributed by atoms with Crippen molar-refractivity contribution in [3.63, 3.8) is 0 Å². The Morgan fingerprint density at radius 1 is 1.29 bits per heavy atom. The lowest BCUT2D eigenvalue weighted by molar-refractivity contribution is 0.0284. The van der Waals surface area contributed by atoms with E-state index >= 15 is 0 Å². The molecule has 0 aliphatic rings. The minimum absolute atomic E-state index is 0.00611. The average molecular weight is 448 g/mol. The molecule has 1 amide bonds. The van der Waals surface area contributed by atoms with Crippen LogP contribution in [0.25, 0.3) is 0 Å². The fourth-order valence-corrected chi connectivity index (χ4v) is 3.12. The minimum Gasteiger partial charge on any atom is -0.495 e. The number of nitriles is 1. The van der Waals surface area contributed by atoms with E-state index < -0.39 is 23.3 Å². The number of carbonyl (C=O) groups excluding carboxylic acids is 2. The summed E-state index contributed by atoms with van der Waals surface area (Å²) in [7, 11) is 2.84. The van der Waals surface area contributed by atoms with Gasteiger partial charge in [0.15, 0.2) is 5.78 Å². The second-order valence-electron chi connectivity index (χ2n) is 7.81. The van der Waals surface area contributed by atoms with Crippen LogP contribution in [0.5, 0.6) is 5.75 Å².